The fourth-order valence-corrected chi connectivity index (χ4v) is 2.43. The first-order chi connectivity index (χ1) is 8.70. The molecule has 1 heterocycles. The van der Waals surface area contributed by atoms with Crippen LogP contribution in [-0.2, 0) is 16.1 Å². The minimum atomic E-state index is -0.346. The van der Waals surface area contributed by atoms with E-state index in [2.05, 4.69) is 21.2 Å². The molecule has 0 unspecified atom stereocenters. The van der Waals surface area contributed by atoms with E-state index in [-0.39, 0.29) is 18.1 Å². The maximum atomic E-state index is 11.9. The summed E-state index contributed by atoms with van der Waals surface area (Å²) in [7, 11) is 0. The Morgan fingerprint density at radius 2 is 2.22 bits per heavy atom. The van der Waals surface area contributed by atoms with Gasteiger partial charge in [-0.1, -0.05) is 34.1 Å². The van der Waals surface area contributed by atoms with Crippen molar-refractivity contribution in [1.29, 1.82) is 0 Å². The van der Waals surface area contributed by atoms with Gasteiger partial charge in [-0.15, -0.1) is 0 Å². The molecule has 5 heteroatoms. The van der Waals surface area contributed by atoms with Crippen molar-refractivity contribution in [2.24, 2.45) is 5.73 Å². The predicted molar refractivity (Wildman–Crippen MR) is 72.9 cm³/mol. The number of hydrogen-bond donors (Lipinski definition) is 2. The van der Waals surface area contributed by atoms with Gasteiger partial charge < -0.3 is 15.8 Å². The number of hydrogen-bond acceptors (Lipinski definition) is 3. The van der Waals surface area contributed by atoms with Crippen LogP contribution in [0.25, 0.3) is 0 Å². The average Bonchev–Trinajstić information content (AvgIpc) is 2.86. The molecule has 0 aromatic heterocycles. The van der Waals surface area contributed by atoms with Crippen molar-refractivity contribution in [2.75, 3.05) is 6.54 Å². The molecule has 1 saturated heterocycles. The molecule has 1 aliphatic rings. The lowest BCUT2D eigenvalue weighted by Crippen LogP contribution is -2.35. The largest absolute Gasteiger partial charge is 0.364 e. The van der Waals surface area contributed by atoms with E-state index in [1.165, 1.54) is 0 Å². The van der Waals surface area contributed by atoms with Gasteiger partial charge in [-0.3, -0.25) is 4.79 Å². The molecule has 0 bridgehead atoms. The Labute approximate surface area is 115 Å². The molecule has 0 saturated carbocycles. The Kier molecular flexibility index (Phi) is 4.74. The fraction of sp³-hybridized carbons (Fsp3) is 0.462. The summed E-state index contributed by atoms with van der Waals surface area (Å²) in [4.78, 5) is 11.9. The molecule has 1 amide bonds. The molecule has 0 aliphatic carbocycles. The van der Waals surface area contributed by atoms with Crippen molar-refractivity contribution >= 4 is 21.8 Å². The van der Waals surface area contributed by atoms with Gasteiger partial charge >= 0.3 is 0 Å². The summed E-state index contributed by atoms with van der Waals surface area (Å²) in [5.74, 6) is -0.0540. The molecule has 2 rings (SSSR count). The molecule has 0 radical (unpaired) electrons. The van der Waals surface area contributed by atoms with E-state index >= 15 is 0 Å². The Hall–Kier alpha value is -0.910. The Morgan fingerprint density at radius 3 is 2.89 bits per heavy atom. The Bertz CT molecular complexity index is 425. The predicted octanol–water partition coefficient (Wildman–Crippen LogP) is 1.57. The second-order valence-electron chi connectivity index (χ2n) is 4.37. The molecule has 3 N–H and O–H groups in total. The quantitative estimate of drug-likeness (QED) is 0.887. The highest BCUT2D eigenvalue weighted by molar-refractivity contribution is 9.10. The number of carbonyl (C=O) groups is 1. The Balaban J connectivity index is 1.84. The summed E-state index contributed by atoms with van der Waals surface area (Å²) in [5.41, 5.74) is 6.57. The van der Waals surface area contributed by atoms with Gasteiger partial charge in [0.2, 0.25) is 5.91 Å². The standard InChI is InChI=1S/C13H17BrN2O2/c14-11-4-2-1-3-9(11)8-16-13(17)12-6-5-10(7-15)18-12/h1-4,10,12H,5-8,15H2,(H,16,17)/t10-,12+/m1/s1. The number of ether oxygens (including phenoxy) is 1. The SMILES string of the molecule is NC[C@H]1CC[C@@H](C(=O)NCc2ccccc2Br)O1. The molecule has 1 aliphatic heterocycles. The monoisotopic (exact) mass is 312 g/mol. The molecule has 2 atom stereocenters. The number of benzene rings is 1. The van der Waals surface area contributed by atoms with Crippen LogP contribution >= 0.6 is 15.9 Å². The number of rotatable bonds is 4. The second-order valence-corrected chi connectivity index (χ2v) is 5.22. The van der Waals surface area contributed by atoms with Gasteiger partial charge in [0.25, 0.3) is 0 Å². The van der Waals surface area contributed by atoms with Crippen LogP contribution in [0.1, 0.15) is 18.4 Å². The number of amides is 1. The molecule has 98 valence electrons. The van der Waals surface area contributed by atoms with Crippen LogP contribution in [-0.4, -0.2) is 24.7 Å². The average molecular weight is 313 g/mol. The Morgan fingerprint density at radius 1 is 1.44 bits per heavy atom. The lowest BCUT2D eigenvalue weighted by atomic mass is 10.2. The zero-order valence-corrected chi connectivity index (χ0v) is 11.7. The van der Waals surface area contributed by atoms with Crippen LogP contribution in [0.3, 0.4) is 0 Å². The van der Waals surface area contributed by atoms with E-state index in [0.29, 0.717) is 13.1 Å². The highest BCUT2D eigenvalue weighted by Crippen LogP contribution is 2.19. The molecule has 1 aromatic rings. The molecule has 1 aromatic carbocycles. The first kappa shape index (κ1) is 13.5. The zero-order valence-electron chi connectivity index (χ0n) is 10.1. The molecule has 18 heavy (non-hydrogen) atoms. The van der Waals surface area contributed by atoms with Crippen LogP contribution in [0.15, 0.2) is 28.7 Å². The number of nitrogens with two attached hydrogens (primary N) is 1. The zero-order chi connectivity index (χ0) is 13.0. The normalized spacial score (nSPS) is 23.0. The summed E-state index contributed by atoms with van der Waals surface area (Å²) in [6, 6.07) is 7.82. The smallest absolute Gasteiger partial charge is 0.249 e. The van der Waals surface area contributed by atoms with Gasteiger partial charge in [0, 0.05) is 17.6 Å². The lowest BCUT2D eigenvalue weighted by molar-refractivity contribution is -0.132. The van der Waals surface area contributed by atoms with Crippen LogP contribution in [0.4, 0.5) is 0 Å². The fourth-order valence-electron chi connectivity index (χ4n) is 2.01. The van der Waals surface area contributed by atoms with E-state index in [1.54, 1.807) is 0 Å². The first-order valence-corrected chi connectivity index (χ1v) is 6.86. The van der Waals surface area contributed by atoms with Crippen molar-refractivity contribution < 1.29 is 9.53 Å². The van der Waals surface area contributed by atoms with Crippen molar-refractivity contribution in [3.63, 3.8) is 0 Å². The van der Waals surface area contributed by atoms with Crippen molar-refractivity contribution in [3.8, 4) is 0 Å². The molecule has 0 spiro atoms. The summed E-state index contributed by atoms with van der Waals surface area (Å²) < 4.78 is 6.54. The molecule has 4 nitrogen and oxygen atoms in total. The third-order valence-electron chi connectivity index (χ3n) is 3.07. The van der Waals surface area contributed by atoms with Crippen molar-refractivity contribution in [2.45, 2.75) is 31.6 Å². The van der Waals surface area contributed by atoms with Gasteiger partial charge in [0.1, 0.15) is 6.10 Å². The summed E-state index contributed by atoms with van der Waals surface area (Å²) in [5, 5.41) is 2.89. The minimum absolute atomic E-state index is 0.0317. The van der Waals surface area contributed by atoms with Crippen molar-refractivity contribution in [1.82, 2.24) is 5.32 Å². The lowest BCUT2D eigenvalue weighted by Gasteiger charge is -2.13. The van der Waals surface area contributed by atoms with Crippen LogP contribution in [0, 0.1) is 0 Å². The van der Waals surface area contributed by atoms with E-state index in [4.69, 9.17) is 10.5 Å². The summed E-state index contributed by atoms with van der Waals surface area (Å²) in [6.07, 6.45) is 1.30. The van der Waals surface area contributed by atoms with Crippen LogP contribution in [0.5, 0.6) is 0 Å². The molecular formula is C13H17BrN2O2. The van der Waals surface area contributed by atoms with Gasteiger partial charge in [-0.05, 0) is 24.5 Å². The number of carbonyl (C=O) groups excluding carboxylic acids is 1. The van der Waals surface area contributed by atoms with Gasteiger partial charge in [-0.2, -0.15) is 0 Å². The maximum absolute atomic E-state index is 11.9. The van der Waals surface area contributed by atoms with Crippen LogP contribution in [0.2, 0.25) is 0 Å². The van der Waals surface area contributed by atoms with E-state index in [1.807, 2.05) is 24.3 Å². The van der Waals surface area contributed by atoms with Crippen molar-refractivity contribution in [3.05, 3.63) is 34.3 Å². The number of nitrogens with one attached hydrogen (secondary N) is 1. The number of halogens is 1. The summed E-state index contributed by atoms with van der Waals surface area (Å²) >= 11 is 3.45. The van der Waals surface area contributed by atoms with Gasteiger partial charge in [0.05, 0.1) is 6.10 Å². The van der Waals surface area contributed by atoms with E-state index in [9.17, 15) is 4.79 Å². The third kappa shape index (κ3) is 3.31. The molecular weight excluding hydrogens is 296 g/mol. The third-order valence-corrected chi connectivity index (χ3v) is 3.85. The first-order valence-electron chi connectivity index (χ1n) is 6.07. The van der Waals surface area contributed by atoms with E-state index < -0.39 is 0 Å². The highest BCUT2D eigenvalue weighted by Gasteiger charge is 2.29. The maximum Gasteiger partial charge on any atom is 0.249 e. The van der Waals surface area contributed by atoms with Crippen LogP contribution < -0.4 is 11.1 Å². The highest BCUT2D eigenvalue weighted by atomic mass is 79.9. The second kappa shape index (κ2) is 6.31. The van der Waals surface area contributed by atoms with Gasteiger partial charge in [0.15, 0.2) is 0 Å². The minimum Gasteiger partial charge on any atom is -0.364 e. The van der Waals surface area contributed by atoms with Gasteiger partial charge in [-0.25, -0.2) is 0 Å². The van der Waals surface area contributed by atoms with E-state index in [0.717, 1.165) is 22.9 Å². The summed E-state index contributed by atoms with van der Waals surface area (Å²) in [6.45, 7) is 0.988. The topological polar surface area (TPSA) is 64.4 Å². The molecule has 1 fully saturated rings.